The Balaban J connectivity index is 1.88. The van der Waals surface area contributed by atoms with Gasteiger partial charge < -0.3 is 15.2 Å². The SMILES string of the molecule is COc1ccc(NC(=O)CN2CCCC2CCCO)cc1Cl. The summed E-state index contributed by atoms with van der Waals surface area (Å²) in [7, 11) is 1.55. The van der Waals surface area contributed by atoms with E-state index in [0.29, 0.717) is 29.0 Å². The maximum Gasteiger partial charge on any atom is 0.238 e. The normalized spacial score (nSPS) is 18.4. The second-order valence-corrected chi connectivity index (χ2v) is 5.94. The second-order valence-electron chi connectivity index (χ2n) is 5.53. The molecule has 1 aromatic carbocycles. The third-order valence-corrected chi connectivity index (χ3v) is 4.27. The van der Waals surface area contributed by atoms with Crippen LogP contribution in [-0.4, -0.2) is 48.8 Å². The molecule has 6 heteroatoms. The van der Waals surface area contributed by atoms with Crippen molar-refractivity contribution in [2.45, 2.75) is 31.7 Å². The van der Waals surface area contributed by atoms with Gasteiger partial charge in [0.2, 0.25) is 5.91 Å². The van der Waals surface area contributed by atoms with Gasteiger partial charge >= 0.3 is 0 Å². The Labute approximate surface area is 136 Å². The molecule has 0 spiro atoms. The standard InChI is InChI=1S/C16H23ClN2O3/c1-22-15-7-6-12(10-14(15)17)18-16(21)11-19-8-2-4-13(19)5-3-9-20/h6-7,10,13,20H,2-5,8-9,11H2,1H3,(H,18,21). The third-order valence-electron chi connectivity index (χ3n) is 3.98. The van der Waals surface area contributed by atoms with E-state index < -0.39 is 0 Å². The van der Waals surface area contributed by atoms with Gasteiger partial charge in [-0.3, -0.25) is 9.69 Å². The molecule has 1 aliphatic rings. The van der Waals surface area contributed by atoms with Crippen LogP contribution in [0.4, 0.5) is 5.69 Å². The summed E-state index contributed by atoms with van der Waals surface area (Å²) in [5.41, 5.74) is 0.668. The van der Waals surface area contributed by atoms with Crippen molar-refractivity contribution in [1.29, 1.82) is 0 Å². The minimum atomic E-state index is -0.0443. The highest BCUT2D eigenvalue weighted by atomic mass is 35.5. The van der Waals surface area contributed by atoms with Crippen molar-refractivity contribution in [1.82, 2.24) is 4.90 Å². The molecule has 0 saturated carbocycles. The highest BCUT2D eigenvalue weighted by Crippen LogP contribution is 2.27. The summed E-state index contributed by atoms with van der Waals surface area (Å²) < 4.78 is 5.09. The van der Waals surface area contributed by atoms with Crippen LogP contribution in [0.15, 0.2) is 18.2 Å². The summed E-state index contributed by atoms with van der Waals surface area (Å²) in [5.74, 6) is 0.542. The van der Waals surface area contributed by atoms with Gasteiger partial charge in [-0.25, -0.2) is 0 Å². The Morgan fingerprint density at radius 1 is 1.55 bits per heavy atom. The number of carbonyl (C=O) groups is 1. The fraction of sp³-hybridized carbons (Fsp3) is 0.562. The molecule has 22 heavy (non-hydrogen) atoms. The van der Waals surface area contributed by atoms with Gasteiger partial charge in [0.15, 0.2) is 0 Å². The van der Waals surface area contributed by atoms with Crippen molar-refractivity contribution >= 4 is 23.2 Å². The van der Waals surface area contributed by atoms with Crippen molar-refractivity contribution in [3.63, 3.8) is 0 Å². The summed E-state index contributed by atoms with van der Waals surface area (Å²) in [6.07, 6.45) is 3.94. The van der Waals surface area contributed by atoms with Crippen molar-refractivity contribution in [2.24, 2.45) is 0 Å². The van der Waals surface area contributed by atoms with E-state index in [-0.39, 0.29) is 12.5 Å². The minimum absolute atomic E-state index is 0.0443. The lowest BCUT2D eigenvalue weighted by Gasteiger charge is -2.23. The van der Waals surface area contributed by atoms with Crippen LogP contribution >= 0.6 is 11.6 Å². The zero-order valence-electron chi connectivity index (χ0n) is 12.8. The first-order valence-electron chi connectivity index (χ1n) is 7.62. The van der Waals surface area contributed by atoms with Gasteiger partial charge in [-0.2, -0.15) is 0 Å². The molecule has 1 fully saturated rings. The third kappa shape index (κ3) is 4.60. The second kappa shape index (κ2) is 8.36. The van der Waals surface area contributed by atoms with Crippen LogP contribution in [0, 0.1) is 0 Å². The highest BCUT2D eigenvalue weighted by Gasteiger charge is 2.25. The summed E-state index contributed by atoms with van der Waals surface area (Å²) in [4.78, 5) is 14.4. The average Bonchev–Trinajstić information content (AvgIpc) is 2.92. The number of aliphatic hydroxyl groups excluding tert-OH is 1. The lowest BCUT2D eigenvalue weighted by atomic mass is 10.1. The van der Waals surface area contributed by atoms with Crippen molar-refractivity contribution in [3.8, 4) is 5.75 Å². The molecule has 2 N–H and O–H groups in total. The van der Waals surface area contributed by atoms with Gasteiger partial charge in [0.05, 0.1) is 18.7 Å². The number of nitrogens with one attached hydrogen (secondary N) is 1. The Morgan fingerprint density at radius 2 is 2.36 bits per heavy atom. The van der Waals surface area contributed by atoms with E-state index in [1.807, 2.05) is 0 Å². The van der Waals surface area contributed by atoms with E-state index >= 15 is 0 Å². The maximum absolute atomic E-state index is 12.2. The first-order valence-corrected chi connectivity index (χ1v) is 8.00. The Hall–Kier alpha value is -1.30. The summed E-state index contributed by atoms with van der Waals surface area (Å²) in [6.45, 7) is 1.52. The molecule has 2 rings (SSSR count). The molecular weight excluding hydrogens is 304 g/mol. The molecule has 1 amide bonds. The molecule has 1 aromatic rings. The van der Waals surface area contributed by atoms with Crippen LogP contribution in [0.2, 0.25) is 5.02 Å². The van der Waals surface area contributed by atoms with E-state index in [2.05, 4.69) is 10.2 Å². The number of ether oxygens (including phenoxy) is 1. The molecular formula is C16H23ClN2O3. The van der Waals surface area contributed by atoms with Gasteiger partial charge in [0.1, 0.15) is 5.75 Å². The molecule has 0 aliphatic carbocycles. The number of methoxy groups -OCH3 is 1. The summed E-state index contributed by atoms with van der Waals surface area (Å²) >= 11 is 6.05. The number of aliphatic hydroxyl groups is 1. The van der Waals surface area contributed by atoms with Gasteiger partial charge in [-0.15, -0.1) is 0 Å². The molecule has 122 valence electrons. The molecule has 1 heterocycles. The largest absolute Gasteiger partial charge is 0.495 e. The van der Waals surface area contributed by atoms with Crippen LogP contribution in [-0.2, 0) is 4.79 Å². The molecule has 5 nitrogen and oxygen atoms in total. The number of nitrogens with zero attached hydrogens (tertiary/aromatic N) is 1. The predicted molar refractivity (Wildman–Crippen MR) is 87.5 cm³/mol. The fourth-order valence-electron chi connectivity index (χ4n) is 2.89. The van der Waals surface area contributed by atoms with E-state index in [4.69, 9.17) is 21.4 Å². The molecule has 1 atom stereocenters. The fourth-order valence-corrected chi connectivity index (χ4v) is 3.14. The van der Waals surface area contributed by atoms with Gasteiger partial charge in [0.25, 0.3) is 0 Å². The highest BCUT2D eigenvalue weighted by molar-refractivity contribution is 6.32. The first-order chi connectivity index (χ1) is 10.6. The maximum atomic E-state index is 12.2. The molecule has 0 bridgehead atoms. The Kier molecular flexibility index (Phi) is 6.49. The summed E-state index contributed by atoms with van der Waals surface area (Å²) in [6, 6.07) is 5.59. The topological polar surface area (TPSA) is 61.8 Å². The number of anilines is 1. The van der Waals surface area contributed by atoms with Crippen LogP contribution < -0.4 is 10.1 Å². The zero-order chi connectivity index (χ0) is 15.9. The number of hydrogen-bond donors (Lipinski definition) is 2. The lowest BCUT2D eigenvalue weighted by Crippen LogP contribution is -2.36. The van der Waals surface area contributed by atoms with Gasteiger partial charge in [-0.05, 0) is 50.4 Å². The number of rotatable bonds is 7. The van der Waals surface area contributed by atoms with Crippen molar-refractivity contribution in [3.05, 3.63) is 23.2 Å². The van der Waals surface area contributed by atoms with Gasteiger partial charge in [0, 0.05) is 18.3 Å². The quantitative estimate of drug-likeness (QED) is 0.808. The Morgan fingerprint density at radius 3 is 3.05 bits per heavy atom. The average molecular weight is 327 g/mol. The molecule has 1 unspecified atom stereocenters. The number of carbonyl (C=O) groups excluding carboxylic acids is 1. The lowest BCUT2D eigenvalue weighted by molar-refractivity contribution is -0.117. The Bertz CT molecular complexity index is 510. The first kappa shape index (κ1) is 17.1. The van der Waals surface area contributed by atoms with Crippen LogP contribution in [0.3, 0.4) is 0 Å². The summed E-state index contributed by atoms with van der Waals surface area (Å²) in [5, 5.41) is 12.3. The molecule has 1 saturated heterocycles. The van der Waals surface area contributed by atoms with E-state index in [9.17, 15) is 4.79 Å². The molecule has 0 radical (unpaired) electrons. The van der Waals surface area contributed by atoms with Crippen molar-refractivity contribution < 1.29 is 14.6 Å². The van der Waals surface area contributed by atoms with E-state index in [1.165, 1.54) is 0 Å². The van der Waals surface area contributed by atoms with E-state index in [0.717, 1.165) is 32.2 Å². The van der Waals surface area contributed by atoms with Crippen LogP contribution in [0.5, 0.6) is 5.75 Å². The van der Waals surface area contributed by atoms with Crippen molar-refractivity contribution in [2.75, 3.05) is 32.1 Å². The predicted octanol–water partition coefficient (Wildman–Crippen LogP) is 2.52. The number of benzene rings is 1. The number of likely N-dealkylation sites (tertiary alicyclic amines) is 1. The number of hydrogen-bond acceptors (Lipinski definition) is 4. The monoisotopic (exact) mass is 326 g/mol. The minimum Gasteiger partial charge on any atom is -0.495 e. The van der Waals surface area contributed by atoms with Gasteiger partial charge in [-0.1, -0.05) is 11.6 Å². The zero-order valence-corrected chi connectivity index (χ0v) is 13.6. The van der Waals surface area contributed by atoms with Crippen LogP contribution in [0.25, 0.3) is 0 Å². The molecule has 0 aromatic heterocycles. The smallest absolute Gasteiger partial charge is 0.238 e. The molecule has 1 aliphatic heterocycles. The van der Waals surface area contributed by atoms with Crippen LogP contribution in [0.1, 0.15) is 25.7 Å². The number of amides is 1. The van der Waals surface area contributed by atoms with E-state index in [1.54, 1.807) is 25.3 Å². The number of halogens is 1.